The van der Waals surface area contributed by atoms with E-state index in [1.54, 1.807) is 43.5 Å². The Bertz CT molecular complexity index is 791. The molecule has 2 rings (SSSR count). The molecule has 0 heterocycles. The summed E-state index contributed by atoms with van der Waals surface area (Å²) in [6, 6.07) is 11.9. The summed E-state index contributed by atoms with van der Waals surface area (Å²) in [7, 11) is 1.57. The molecule has 0 fully saturated rings. The van der Waals surface area contributed by atoms with E-state index >= 15 is 0 Å². The molecule has 2 amide bonds. The number of hydrazone groups is 1. The lowest BCUT2D eigenvalue weighted by Crippen LogP contribution is -2.37. The second kappa shape index (κ2) is 8.84. The average molecular weight is 406 g/mol. The Balaban J connectivity index is 1.84. The molecule has 0 unspecified atom stereocenters. The molecule has 3 N–H and O–H groups in total. The topological polar surface area (TPSA) is 100 Å². The van der Waals surface area contributed by atoms with E-state index in [2.05, 4.69) is 31.8 Å². The monoisotopic (exact) mass is 405 g/mol. The van der Waals surface area contributed by atoms with Gasteiger partial charge in [0.25, 0.3) is 0 Å². The Labute approximate surface area is 152 Å². The van der Waals surface area contributed by atoms with E-state index in [9.17, 15) is 14.7 Å². The number of nitrogens with zero attached hydrogens (tertiary/aromatic N) is 1. The molecule has 0 aliphatic carbocycles. The van der Waals surface area contributed by atoms with Gasteiger partial charge in [0.15, 0.2) is 0 Å². The lowest BCUT2D eigenvalue weighted by Gasteiger charge is -2.05. The number of halogens is 1. The van der Waals surface area contributed by atoms with Crippen molar-refractivity contribution in [2.24, 2.45) is 5.10 Å². The SMILES string of the molecule is COc1ccc(CNC(=O)C(=O)N/N=C/c2cc(Br)ccc2O)cc1. The summed E-state index contributed by atoms with van der Waals surface area (Å²) in [5.41, 5.74) is 3.32. The highest BCUT2D eigenvalue weighted by molar-refractivity contribution is 9.10. The molecule has 2 aromatic carbocycles. The number of hydrogen-bond acceptors (Lipinski definition) is 5. The fourth-order valence-corrected chi connectivity index (χ4v) is 2.22. The minimum Gasteiger partial charge on any atom is -0.507 e. The van der Waals surface area contributed by atoms with Crippen LogP contribution in [-0.4, -0.2) is 30.2 Å². The lowest BCUT2D eigenvalue weighted by atomic mass is 10.2. The molecule has 0 aliphatic heterocycles. The molecule has 2 aromatic rings. The Kier molecular flexibility index (Phi) is 6.53. The maximum Gasteiger partial charge on any atom is 0.329 e. The zero-order chi connectivity index (χ0) is 18.2. The average Bonchev–Trinajstić information content (AvgIpc) is 2.62. The number of rotatable bonds is 5. The first-order chi connectivity index (χ1) is 12.0. The molecular formula is C17H16BrN3O4. The first kappa shape index (κ1) is 18.5. The molecule has 8 heteroatoms. The molecule has 0 spiro atoms. The lowest BCUT2D eigenvalue weighted by molar-refractivity contribution is -0.139. The van der Waals surface area contributed by atoms with Crippen molar-refractivity contribution in [1.82, 2.24) is 10.7 Å². The van der Waals surface area contributed by atoms with E-state index in [1.807, 2.05) is 0 Å². The van der Waals surface area contributed by atoms with Crippen molar-refractivity contribution in [3.05, 3.63) is 58.1 Å². The molecule has 25 heavy (non-hydrogen) atoms. The van der Waals surface area contributed by atoms with Gasteiger partial charge in [0.05, 0.1) is 13.3 Å². The molecule has 0 bridgehead atoms. The van der Waals surface area contributed by atoms with Crippen molar-refractivity contribution in [3.63, 3.8) is 0 Å². The fraction of sp³-hybridized carbons (Fsp3) is 0.118. The predicted octanol–water partition coefficient (Wildman–Crippen LogP) is 1.93. The van der Waals surface area contributed by atoms with Gasteiger partial charge >= 0.3 is 11.8 Å². The third-order valence-electron chi connectivity index (χ3n) is 3.18. The number of benzene rings is 2. The molecule has 0 aromatic heterocycles. The molecule has 0 saturated heterocycles. The van der Waals surface area contributed by atoms with Gasteiger partial charge in [-0.05, 0) is 35.9 Å². The molecule has 0 atom stereocenters. The van der Waals surface area contributed by atoms with Crippen molar-refractivity contribution in [2.75, 3.05) is 7.11 Å². The second-order valence-corrected chi connectivity index (χ2v) is 5.85. The van der Waals surface area contributed by atoms with Gasteiger partial charge < -0.3 is 15.2 Å². The molecule has 0 radical (unpaired) electrons. The summed E-state index contributed by atoms with van der Waals surface area (Å²) < 4.78 is 5.79. The molecule has 7 nitrogen and oxygen atoms in total. The Hall–Kier alpha value is -2.87. The highest BCUT2D eigenvalue weighted by Gasteiger charge is 2.12. The molecule has 0 saturated carbocycles. The van der Waals surface area contributed by atoms with Gasteiger partial charge in [-0.15, -0.1) is 0 Å². The number of aromatic hydroxyl groups is 1. The van der Waals surface area contributed by atoms with Crippen LogP contribution < -0.4 is 15.5 Å². The summed E-state index contributed by atoms with van der Waals surface area (Å²) in [6.07, 6.45) is 1.24. The van der Waals surface area contributed by atoms with Crippen LogP contribution in [0.25, 0.3) is 0 Å². The number of hydrogen-bond donors (Lipinski definition) is 3. The van der Waals surface area contributed by atoms with Crippen molar-refractivity contribution in [1.29, 1.82) is 0 Å². The van der Waals surface area contributed by atoms with Crippen molar-refractivity contribution in [2.45, 2.75) is 6.54 Å². The first-order valence-corrected chi connectivity index (χ1v) is 8.01. The predicted molar refractivity (Wildman–Crippen MR) is 96.4 cm³/mol. The third kappa shape index (κ3) is 5.61. The normalized spacial score (nSPS) is 10.5. The van der Waals surface area contributed by atoms with E-state index in [0.717, 1.165) is 10.0 Å². The summed E-state index contributed by atoms with van der Waals surface area (Å²) >= 11 is 3.26. The Morgan fingerprint density at radius 2 is 1.92 bits per heavy atom. The number of ether oxygens (including phenoxy) is 1. The Morgan fingerprint density at radius 1 is 1.20 bits per heavy atom. The zero-order valence-electron chi connectivity index (χ0n) is 13.3. The van der Waals surface area contributed by atoms with Crippen LogP contribution in [0, 0.1) is 0 Å². The number of nitrogens with one attached hydrogen (secondary N) is 2. The Morgan fingerprint density at radius 3 is 2.60 bits per heavy atom. The maximum atomic E-state index is 11.7. The van der Waals surface area contributed by atoms with E-state index in [0.29, 0.717) is 11.3 Å². The van der Waals surface area contributed by atoms with Crippen LogP contribution in [0.15, 0.2) is 52.0 Å². The molecule has 0 aliphatic rings. The summed E-state index contributed by atoms with van der Waals surface area (Å²) in [4.78, 5) is 23.4. The van der Waals surface area contributed by atoms with Crippen molar-refractivity contribution >= 4 is 34.0 Å². The van der Waals surface area contributed by atoms with E-state index in [1.165, 1.54) is 12.3 Å². The van der Waals surface area contributed by atoms with E-state index in [-0.39, 0.29) is 12.3 Å². The highest BCUT2D eigenvalue weighted by atomic mass is 79.9. The van der Waals surface area contributed by atoms with Crippen LogP contribution in [-0.2, 0) is 16.1 Å². The van der Waals surface area contributed by atoms with Crippen molar-refractivity contribution in [3.8, 4) is 11.5 Å². The second-order valence-electron chi connectivity index (χ2n) is 4.93. The van der Waals surface area contributed by atoms with E-state index < -0.39 is 11.8 Å². The number of amides is 2. The zero-order valence-corrected chi connectivity index (χ0v) is 14.9. The van der Waals surface area contributed by atoms with Crippen LogP contribution in [0.5, 0.6) is 11.5 Å². The van der Waals surface area contributed by atoms with Gasteiger partial charge in [-0.1, -0.05) is 28.1 Å². The van der Waals surface area contributed by atoms with Gasteiger partial charge in [0.1, 0.15) is 11.5 Å². The minimum atomic E-state index is -0.903. The quantitative estimate of drug-likeness (QED) is 0.401. The first-order valence-electron chi connectivity index (χ1n) is 7.22. The van der Waals surface area contributed by atoms with Crippen molar-refractivity contribution < 1.29 is 19.4 Å². The minimum absolute atomic E-state index is 0.00477. The summed E-state index contributed by atoms with van der Waals surface area (Å²) in [5, 5.41) is 15.8. The highest BCUT2D eigenvalue weighted by Crippen LogP contribution is 2.19. The van der Waals surface area contributed by atoms with Gasteiger partial charge in [0, 0.05) is 16.6 Å². The molecular weight excluding hydrogens is 390 g/mol. The number of phenols is 1. The number of carbonyl (C=O) groups is 2. The number of carbonyl (C=O) groups excluding carboxylic acids is 2. The van der Waals surface area contributed by atoms with E-state index in [4.69, 9.17) is 4.74 Å². The van der Waals surface area contributed by atoms with Gasteiger partial charge in [0.2, 0.25) is 0 Å². The van der Waals surface area contributed by atoms with Crippen LogP contribution >= 0.6 is 15.9 Å². The molecule has 130 valence electrons. The summed E-state index contributed by atoms with van der Waals surface area (Å²) in [6.45, 7) is 0.201. The van der Waals surface area contributed by atoms with Crippen LogP contribution in [0.2, 0.25) is 0 Å². The largest absolute Gasteiger partial charge is 0.507 e. The smallest absolute Gasteiger partial charge is 0.329 e. The summed E-state index contributed by atoms with van der Waals surface area (Å²) in [5.74, 6) is -1.01. The fourth-order valence-electron chi connectivity index (χ4n) is 1.85. The third-order valence-corrected chi connectivity index (χ3v) is 3.67. The van der Waals surface area contributed by atoms with Crippen LogP contribution in [0.3, 0.4) is 0 Å². The van der Waals surface area contributed by atoms with Gasteiger partial charge in [-0.3, -0.25) is 9.59 Å². The van der Waals surface area contributed by atoms with Crippen LogP contribution in [0.1, 0.15) is 11.1 Å². The number of methoxy groups -OCH3 is 1. The maximum absolute atomic E-state index is 11.7. The standard InChI is InChI=1S/C17H16BrN3O4/c1-25-14-5-2-11(3-6-14)9-19-16(23)17(24)21-20-10-12-8-13(18)4-7-15(12)22/h2-8,10,22H,9H2,1H3,(H,19,23)(H,21,24)/b20-10+. The number of phenolic OH excluding ortho intramolecular Hbond substituents is 1. The van der Waals surface area contributed by atoms with Crippen LogP contribution in [0.4, 0.5) is 0 Å². The van der Waals surface area contributed by atoms with Gasteiger partial charge in [-0.2, -0.15) is 5.10 Å². The van der Waals surface area contributed by atoms with Gasteiger partial charge in [-0.25, -0.2) is 5.43 Å².